The van der Waals surface area contributed by atoms with Crippen molar-refractivity contribution >= 4 is 23.2 Å². The summed E-state index contributed by atoms with van der Waals surface area (Å²) in [6.07, 6.45) is 2.03. The minimum Gasteiger partial charge on any atom is -0.496 e. The number of benzene rings is 1. The number of rotatable bonds is 5. The second-order valence-corrected chi connectivity index (χ2v) is 4.80. The van der Waals surface area contributed by atoms with Gasteiger partial charge in [0.1, 0.15) is 10.9 Å². The monoisotopic (exact) mass is 305 g/mol. The summed E-state index contributed by atoms with van der Waals surface area (Å²) in [7, 11) is 1.62. The summed E-state index contributed by atoms with van der Waals surface area (Å²) in [5.74, 6) is 0.532. The number of nitrogens with one attached hydrogen (secondary N) is 1. The minimum absolute atomic E-state index is 0.235. The maximum Gasteiger partial charge on any atom is 0.253 e. The molecule has 0 atom stereocenters. The molecule has 1 heterocycles. The predicted octanol–water partition coefficient (Wildman–Crippen LogP) is 2.30. The average molecular weight is 306 g/mol. The van der Waals surface area contributed by atoms with Gasteiger partial charge in [-0.05, 0) is 24.1 Å². The van der Waals surface area contributed by atoms with Crippen molar-refractivity contribution in [3.8, 4) is 5.75 Å². The van der Waals surface area contributed by atoms with Gasteiger partial charge in [0.05, 0.1) is 24.6 Å². The van der Waals surface area contributed by atoms with Crippen LogP contribution in [0.25, 0.3) is 0 Å². The number of halogens is 1. The number of carbonyl (C=O) groups excluding carboxylic acids is 1. The zero-order chi connectivity index (χ0) is 15.2. The van der Waals surface area contributed by atoms with Gasteiger partial charge < -0.3 is 15.8 Å². The maximum absolute atomic E-state index is 12.1. The molecule has 21 heavy (non-hydrogen) atoms. The molecule has 0 aliphatic heterocycles. The Morgan fingerprint density at radius 1 is 1.43 bits per heavy atom. The van der Waals surface area contributed by atoms with Crippen molar-refractivity contribution in [1.29, 1.82) is 0 Å². The third-order valence-corrected chi connectivity index (χ3v) is 3.23. The Labute approximate surface area is 128 Å². The van der Waals surface area contributed by atoms with E-state index in [1.807, 2.05) is 24.3 Å². The lowest BCUT2D eigenvalue weighted by Gasteiger charge is -2.10. The summed E-state index contributed by atoms with van der Waals surface area (Å²) < 4.78 is 5.26. The van der Waals surface area contributed by atoms with Crippen LogP contribution in [0.2, 0.25) is 5.15 Å². The van der Waals surface area contributed by atoms with Crippen LogP contribution in [-0.2, 0) is 6.42 Å². The van der Waals surface area contributed by atoms with Crippen LogP contribution in [0.4, 0.5) is 5.69 Å². The molecular weight excluding hydrogens is 290 g/mol. The Bertz CT molecular complexity index is 647. The first-order valence-corrected chi connectivity index (χ1v) is 6.80. The van der Waals surface area contributed by atoms with Crippen LogP contribution >= 0.6 is 11.6 Å². The fourth-order valence-corrected chi connectivity index (χ4v) is 2.11. The second-order valence-electron chi connectivity index (χ2n) is 4.41. The van der Waals surface area contributed by atoms with Crippen molar-refractivity contribution in [3.05, 3.63) is 52.8 Å². The Morgan fingerprint density at radius 2 is 2.19 bits per heavy atom. The number of anilines is 1. The number of para-hydroxylation sites is 1. The second kappa shape index (κ2) is 6.95. The molecule has 0 bridgehead atoms. The molecule has 0 saturated heterocycles. The Hall–Kier alpha value is -2.27. The lowest BCUT2D eigenvalue weighted by Crippen LogP contribution is -2.26. The van der Waals surface area contributed by atoms with Crippen LogP contribution in [-0.4, -0.2) is 24.5 Å². The molecule has 0 spiro atoms. The normalized spacial score (nSPS) is 10.2. The molecule has 6 heteroatoms. The first-order valence-electron chi connectivity index (χ1n) is 6.43. The molecule has 0 aliphatic rings. The van der Waals surface area contributed by atoms with E-state index in [4.69, 9.17) is 22.1 Å². The zero-order valence-corrected chi connectivity index (χ0v) is 12.4. The van der Waals surface area contributed by atoms with E-state index in [0.29, 0.717) is 24.2 Å². The molecule has 0 radical (unpaired) electrons. The number of ether oxygens (including phenoxy) is 1. The number of aromatic nitrogens is 1. The number of hydrogen-bond donors (Lipinski definition) is 2. The van der Waals surface area contributed by atoms with Gasteiger partial charge in [0, 0.05) is 6.54 Å². The quantitative estimate of drug-likeness (QED) is 0.831. The molecule has 0 fully saturated rings. The minimum atomic E-state index is -0.272. The molecular formula is C15H16ClN3O2. The summed E-state index contributed by atoms with van der Waals surface area (Å²) in [6, 6.07) is 9.14. The molecule has 1 aromatic heterocycles. The Balaban J connectivity index is 1.97. The number of methoxy groups -OCH3 is 1. The fourth-order valence-electron chi connectivity index (χ4n) is 1.95. The highest BCUT2D eigenvalue weighted by Crippen LogP contribution is 2.18. The maximum atomic E-state index is 12.1. The average Bonchev–Trinajstić information content (AvgIpc) is 2.50. The summed E-state index contributed by atoms with van der Waals surface area (Å²) in [5, 5.41) is 3.04. The highest BCUT2D eigenvalue weighted by Gasteiger charge is 2.11. The molecule has 0 unspecified atom stereocenters. The van der Waals surface area contributed by atoms with E-state index < -0.39 is 0 Å². The number of nitrogens with zero attached hydrogens (tertiary/aromatic N) is 1. The molecule has 3 N–H and O–H groups in total. The number of hydrogen-bond acceptors (Lipinski definition) is 4. The van der Waals surface area contributed by atoms with Crippen molar-refractivity contribution in [2.24, 2.45) is 0 Å². The third-order valence-electron chi connectivity index (χ3n) is 3.02. The summed E-state index contributed by atoms with van der Waals surface area (Å²) in [4.78, 5) is 15.9. The Morgan fingerprint density at radius 3 is 2.95 bits per heavy atom. The van der Waals surface area contributed by atoms with Crippen molar-refractivity contribution in [3.63, 3.8) is 0 Å². The van der Waals surface area contributed by atoms with Crippen LogP contribution in [0.5, 0.6) is 5.75 Å². The molecule has 1 aromatic carbocycles. The first-order chi connectivity index (χ1) is 10.1. The number of nitrogens with two attached hydrogens (primary N) is 1. The number of nitrogen functional groups attached to an aromatic ring is 1. The molecule has 1 amide bonds. The Kier molecular flexibility index (Phi) is 5.00. The topological polar surface area (TPSA) is 77.2 Å². The lowest BCUT2D eigenvalue weighted by molar-refractivity contribution is 0.0955. The van der Waals surface area contributed by atoms with E-state index >= 15 is 0 Å². The smallest absolute Gasteiger partial charge is 0.253 e. The van der Waals surface area contributed by atoms with Gasteiger partial charge in [-0.15, -0.1) is 0 Å². The number of carbonyl (C=O) groups is 1. The van der Waals surface area contributed by atoms with Crippen LogP contribution in [0.1, 0.15) is 15.9 Å². The van der Waals surface area contributed by atoms with Crippen molar-refractivity contribution in [2.45, 2.75) is 6.42 Å². The van der Waals surface area contributed by atoms with E-state index in [1.54, 1.807) is 7.11 Å². The van der Waals surface area contributed by atoms with Crippen LogP contribution < -0.4 is 15.8 Å². The lowest BCUT2D eigenvalue weighted by atomic mass is 10.1. The summed E-state index contributed by atoms with van der Waals surface area (Å²) in [6.45, 7) is 0.471. The largest absolute Gasteiger partial charge is 0.496 e. The van der Waals surface area contributed by atoms with Gasteiger partial charge in [-0.25, -0.2) is 4.98 Å². The van der Waals surface area contributed by atoms with Gasteiger partial charge in [-0.3, -0.25) is 4.79 Å². The first kappa shape index (κ1) is 15.1. The van der Waals surface area contributed by atoms with Gasteiger partial charge >= 0.3 is 0 Å². The fraction of sp³-hybridized carbons (Fsp3) is 0.200. The van der Waals surface area contributed by atoms with Crippen LogP contribution in [0.3, 0.4) is 0 Å². The van der Waals surface area contributed by atoms with E-state index in [2.05, 4.69) is 10.3 Å². The third kappa shape index (κ3) is 3.86. The van der Waals surface area contributed by atoms with E-state index in [9.17, 15) is 4.79 Å². The zero-order valence-electron chi connectivity index (χ0n) is 11.6. The van der Waals surface area contributed by atoms with Gasteiger partial charge in [0.2, 0.25) is 0 Å². The van der Waals surface area contributed by atoms with Gasteiger partial charge in [-0.1, -0.05) is 29.8 Å². The standard InChI is InChI=1S/C15H16ClN3O2/c1-21-13-5-3-2-4-10(13)6-7-18-15(20)11-8-14(16)19-9-12(11)17/h2-5,8-9H,6-7,17H2,1H3,(H,18,20). The van der Waals surface area contributed by atoms with Crippen molar-refractivity contribution in [2.75, 3.05) is 19.4 Å². The molecule has 110 valence electrons. The van der Waals surface area contributed by atoms with Crippen molar-refractivity contribution in [1.82, 2.24) is 10.3 Å². The highest BCUT2D eigenvalue weighted by molar-refractivity contribution is 6.29. The van der Waals surface area contributed by atoms with Crippen LogP contribution in [0, 0.1) is 0 Å². The SMILES string of the molecule is COc1ccccc1CCNC(=O)c1cc(Cl)ncc1N. The van der Waals surface area contributed by atoms with Gasteiger partial charge in [0.15, 0.2) is 0 Å². The molecule has 5 nitrogen and oxygen atoms in total. The number of amides is 1. The van der Waals surface area contributed by atoms with Gasteiger partial charge in [-0.2, -0.15) is 0 Å². The van der Waals surface area contributed by atoms with E-state index in [-0.39, 0.29) is 11.1 Å². The molecule has 0 aliphatic carbocycles. The highest BCUT2D eigenvalue weighted by atomic mass is 35.5. The molecule has 0 saturated carbocycles. The van der Waals surface area contributed by atoms with Gasteiger partial charge in [0.25, 0.3) is 5.91 Å². The summed E-state index contributed by atoms with van der Waals surface area (Å²) >= 11 is 5.77. The predicted molar refractivity (Wildman–Crippen MR) is 82.7 cm³/mol. The van der Waals surface area contributed by atoms with E-state index in [0.717, 1.165) is 11.3 Å². The van der Waals surface area contributed by atoms with Crippen LogP contribution in [0.15, 0.2) is 36.5 Å². The molecule has 2 rings (SSSR count). The molecule has 2 aromatic rings. The number of pyridine rings is 1. The van der Waals surface area contributed by atoms with Crippen molar-refractivity contribution < 1.29 is 9.53 Å². The summed E-state index contributed by atoms with van der Waals surface area (Å²) in [5.41, 5.74) is 7.37. The van der Waals surface area contributed by atoms with E-state index in [1.165, 1.54) is 12.3 Å².